The molecule has 1 saturated heterocycles. The van der Waals surface area contributed by atoms with Crippen molar-refractivity contribution in [3.05, 3.63) is 156 Å². The van der Waals surface area contributed by atoms with Crippen LogP contribution in [0.15, 0.2) is 140 Å². The number of nitrogens with one attached hydrogen (secondary N) is 3. The Labute approximate surface area is 247 Å². The molecule has 42 heavy (non-hydrogen) atoms. The van der Waals surface area contributed by atoms with E-state index in [0.29, 0.717) is 11.5 Å². The minimum atomic E-state index is -0.0653. The first-order valence-electron chi connectivity index (χ1n) is 14.6. The lowest BCUT2D eigenvalue weighted by molar-refractivity contribution is 0.170. The van der Waals surface area contributed by atoms with Gasteiger partial charge in [0.2, 0.25) is 0 Å². The Balaban J connectivity index is 1.23. The molecule has 4 unspecified atom stereocenters. The fourth-order valence-corrected chi connectivity index (χ4v) is 6.11. The Kier molecular flexibility index (Phi) is 7.22. The molecule has 5 aromatic rings. The third-order valence-electron chi connectivity index (χ3n) is 8.36. The fraction of sp³-hybridized carbons (Fsp3) is 0.132. The van der Waals surface area contributed by atoms with E-state index in [1.807, 2.05) is 12.1 Å². The zero-order chi connectivity index (χ0) is 28.3. The second-order valence-corrected chi connectivity index (χ2v) is 11.0. The summed E-state index contributed by atoms with van der Waals surface area (Å²) in [6.45, 7) is 0. The van der Waals surface area contributed by atoms with E-state index in [2.05, 4.69) is 149 Å². The Morgan fingerprint density at radius 2 is 1.26 bits per heavy atom. The molecule has 7 rings (SSSR count). The van der Waals surface area contributed by atoms with E-state index in [4.69, 9.17) is 0 Å². The Bertz CT molecular complexity index is 1800. The predicted octanol–water partition coefficient (Wildman–Crippen LogP) is 7.98. The van der Waals surface area contributed by atoms with Crippen LogP contribution in [-0.2, 0) is 0 Å². The SMILES string of the molecule is N#Cc1cc(-c2ccc(-c3ccccc3)cc2)cc2cc(C3NC(c4ccccc4)NC(C4C=CC=CC4)N3)ccc12. The van der Waals surface area contributed by atoms with E-state index in [-0.39, 0.29) is 18.5 Å². The van der Waals surface area contributed by atoms with Crippen LogP contribution in [-0.4, -0.2) is 6.17 Å². The van der Waals surface area contributed by atoms with Crippen molar-refractivity contribution in [2.24, 2.45) is 5.92 Å². The summed E-state index contributed by atoms with van der Waals surface area (Å²) in [5.74, 6) is 0.349. The Morgan fingerprint density at radius 3 is 1.95 bits per heavy atom. The first kappa shape index (κ1) is 26.1. The van der Waals surface area contributed by atoms with Crippen LogP contribution < -0.4 is 16.0 Å². The van der Waals surface area contributed by atoms with Gasteiger partial charge in [-0.25, -0.2) is 0 Å². The summed E-state index contributed by atoms with van der Waals surface area (Å²) in [5, 5.41) is 23.5. The van der Waals surface area contributed by atoms with Gasteiger partial charge in [-0.15, -0.1) is 0 Å². The van der Waals surface area contributed by atoms with Gasteiger partial charge in [0.15, 0.2) is 0 Å². The molecular formula is C38H32N4. The van der Waals surface area contributed by atoms with Crippen LogP contribution in [0.4, 0.5) is 0 Å². The molecule has 4 atom stereocenters. The van der Waals surface area contributed by atoms with Crippen molar-refractivity contribution in [2.75, 3.05) is 0 Å². The summed E-state index contributed by atoms with van der Waals surface area (Å²) in [6.07, 6.45) is 9.80. The highest BCUT2D eigenvalue weighted by Gasteiger charge is 2.32. The van der Waals surface area contributed by atoms with Crippen LogP contribution in [0.25, 0.3) is 33.0 Å². The first-order valence-corrected chi connectivity index (χ1v) is 14.6. The number of hydrogen-bond donors (Lipinski definition) is 3. The molecule has 0 saturated carbocycles. The van der Waals surface area contributed by atoms with E-state index >= 15 is 0 Å². The molecule has 4 nitrogen and oxygen atoms in total. The predicted molar refractivity (Wildman–Crippen MR) is 171 cm³/mol. The van der Waals surface area contributed by atoms with Gasteiger partial charge in [-0.05, 0) is 68.8 Å². The Morgan fingerprint density at radius 1 is 0.595 bits per heavy atom. The second-order valence-electron chi connectivity index (χ2n) is 11.0. The van der Waals surface area contributed by atoms with Gasteiger partial charge >= 0.3 is 0 Å². The van der Waals surface area contributed by atoms with Crippen molar-refractivity contribution in [3.63, 3.8) is 0 Å². The molecule has 0 radical (unpaired) electrons. The summed E-state index contributed by atoms with van der Waals surface area (Å²) in [6, 6.07) is 42.6. The number of benzene rings is 5. The van der Waals surface area contributed by atoms with Gasteiger partial charge in [-0.1, -0.05) is 121 Å². The number of nitriles is 1. The molecule has 2 aliphatic rings. The van der Waals surface area contributed by atoms with Crippen LogP contribution in [0.5, 0.6) is 0 Å². The highest BCUT2D eigenvalue weighted by molar-refractivity contribution is 5.93. The zero-order valence-corrected chi connectivity index (χ0v) is 23.2. The van der Waals surface area contributed by atoms with E-state index in [1.165, 1.54) is 16.7 Å². The molecular weight excluding hydrogens is 512 g/mol. The molecule has 1 aliphatic carbocycles. The maximum absolute atomic E-state index is 10.1. The van der Waals surface area contributed by atoms with Gasteiger partial charge < -0.3 is 0 Å². The van der Waals surface area contributed by atoms with Gasteiger partial charge in [0, 0.05) is 5.92 Å². The highest BCUT2D eigenvalue weighted by atomic mass is 15.4. The highest BCUT2D eigenvalue weighted by Crippen LogP contribution is 2.32. The zero-order valence-electron chi connectivity index (χ0n) is 23.2. The maximum atomic E-state index is 10.1. The lowest BCUT2D eigenvalue weighted by Crippen LogP contribution is -2.61. The van der Waals surface area contributed by atoms with Crippen molar-refractivity contribution in [3.8, 4) is 28.3 Å². The standard InChI is InChI=1S/C38H32N4/c39-25-34-24-32(28-18-16-27(17-19-28)26-10-4-1-5-11-26)23-33-22-31(20-21-35(33)34)38-41-36(29-12-6-2-7-13-29)40-37(42-38)30-14-8-3-9-15-30/h1-14,16-24,30,36-38,40-42H,15H2. The van der Waals surface area contributed by atoms with Gasteiger partial charge in [0.1, 0.15) is 0 Å². The maximum Gasteiger partial charge on any atom is 0.0998 e. The molecule has 4 heteroatoms. The van der Waals surface area contributed by atoms with Crippen molar-refractivity contribution < 1.29 is 0 Å². The van der Waals surface area contributed by atoms with Crippen LogP contribution in [0.2, 0.25) is 0 Å². The summed E-state index contributed by atoms with van der Waals surface area (Å²) < 4.78 is 0. The number of hydrogen-bond acceptors (Lipinski definition) is 4. The van der Waals surface area contributed by atoms with Crippen molar-refractivity contribution in [1.82, 2.24) is 16.0 Å². The smallest absolute Gasteiger partial charge is 0.0998 e. The normalized spacial score (nSPS) is 21.7. The first-order chi connectivity index (χ1) is 20.7. The summed E-state index contributed by atoms with van der Waals surface area (Å²) in [5.41, 5.74) is 7.55. The van der Waals surface area contributed by atoms with Crippen LogP contribution >= 0.6 is 0 Å². The molecule has 1 aliphatic heterocycles. The molecule has 1 fully saturated rings. The summed E-state index contributed by atoms with van der Waals surface area (Å²) in [7, 11) is 0. The molecule has 5 aromatic carbocycles. The molecule has 3 N–H and O–H groups in total. The second kappa shape index (κ2) is 11.6. The minimum absolute atomic E-state index is 0.00147. The van der Waals surface area contributed by atoms with E-state index in [1.54, 1.807) is 0 Å². The molecule has 0 bridgehead atoms. The quantitative estimate of drug-likeness (QED) is 0.210. The molecule has 204 valence electrons. The monoisotopic (exact) mass is 544 g/mol. The average molecular weight is 545 g/mol. The van der Waals surface area contributed by atoms with Crippen molar-refractivity contribution in [2.45, 2.75) is 24.9 Å². The third kappa shape index (κ3) is 5.30. The number of fused-ring (bicyclic) bond motifs is 1. The van der Waals surface area contributed by atoms with Gasteiger partial charge in [-0.3, -0.25) is 16.0 Å². The number of nitrogens with zero attached hydrogens (tertiary/aromatic N) is 1. The lowest BCUT2D eigenvalue weighted by Gasteiger charge is -2.42. The molecule has 0 amide bonds. The summed E-state index contributed by atoms with van der Waals surface area (Å²) in [4.78, 5) is 0. The minimum Gasteiger partial charge on any atom is -0.282 e. The van der Waals surface area contributed by atoms with Crippen LogP contribution in [0.1, 0.15) is 35.4 Å². The van der Waals surface area contributed by atoms with Crippen LogP contribution in [0.3, 0.4) is 0 Å². The fourth-order valence-electron chi connectivity index (χ4n) is 6.11. The van der Waals surface area contributed by atoms with Gasteiger partial charge in [0.05, 0.1) is 30.1 Å². The topological polar surface area (TPSA) is 59.9 Å². The van der Waals surface area contributed by atoms with Gasteiger partial charge in [-0.2, -0.15) is 5.26 Å². The largest absolute Gasteiger partial charge is 0.282 e. The third-order valence-corrected chi connectivity index (χ3v) is 8.36. The van der Waals surface area contributed by atoms with E-state index < -0.39 is 0 Å². The number of rotatable bonds is 5. The molecule has 1 heterocycles. The Hall–Kier alpha value is -4.79. The summed E-state index contributed by atoms with van der Waals surface area (Å²) >= 11 is 0. The average Bonchev–Trinajstić information content (AvgIpc) is 3.08. The molecule has 0 aromatic heterocycles. The van der Waals surface area contributed by atoms with Crippen LogP contribution in [0, 0.1) is 17.2 Å². The van der Waals surface area contributed by atoms with Gasteiger partial charge in [0.25, 0.3) is 0 Å². The lowest BCUT2D eigenvalue weighted by atomic mass is 9.93. The van der Waals surface area contributed by atoms with E-state index in [0.717, 1.165) is 33.9 Å². The molecule has 0 spiro atoms. The van der Waals surface area contributed by atoms with E-state index in [9.17, 15) is 5.26 Å². The van der Waals surface area contributed by atoms with Crippen molar-refractivity contribution in [1.29, 1.82) is 5.26 Å². The number of allylic oxidation sites excluding steroid dienone is 3. The van der Waals surface area contributed by atoms with Crippen molar-refractivity contribution >= 4 is 10.8 Å².